The Morgan fingerprint density at radius 2 is 2.25 bits per heavy atom. The molecule has 1 saturated carbocycles. The summed E-state index contributed by atoms with van der Waals surface area (Å²) in [5.41, 5.74) is 0.667. The third-order valence-corrected chi connectivity index (χ3v) is 3.09. The van der Waals surface area contributed by atoms with E-state index in [1.165, 1.54) is 0 Å². The highest BCUT2D eigenvalue weighted by Crippen LogP contribution is 2.39. The largest absolute Gasteiger partial charge is 0.363 e. The van der Waals surface area contributed by atoms with Crippen LogP contribution in [0.1, 0.15) is 19.8 Å². The Morgan fingerprint density at radius 3 is 2.75 bits per heavy atom. The van der Waals surface area contributed by atoms with Gasteiger partial charge in [0.05, 0.1) is 4.92 Å². The minimum absolute atomic E-state index is 0.0258. The van der Waals surface area contributed by atoms with Gasteiger partial charge in [-0.15, -0.1) is 0 Å². The molecule has 0 heterocycles. The molecule has 1 aliphatic rings. The van der Waals surface area contributed by atoms with Crippen LogP contribution in [0.4, 0.5) is 11.4 Å². The average molecular weight is 241 g/mol. The summed E-state index contributed by atoms with van der Waals surface area (Å²) in [5.74, 6) is 0. The number of nitrogens with zero attached hydrogens (tertiary/aromatic N) is 2. The third kappa shape index (κ3) is 1.97. The quantitative estimate of drug-likeness (QED) is 0.600. The fourth-order valence-corrected chi connectivity index (χ4v) is 2.17. The maximum absolute atomic E-state index is 11.0. The number of hydrogen-bond donors (Lipinski definition) is 0. The molecule has 0 bridgehead atoms. The lowest BCUT2D eigenvalue weighted by Crippen LogP contribution is -2.25. The van der Waals surface area contributed by atoms with Gasteiger partial charge in [0.1, 0.15) is 10.7 Å². The van der Waals surface area contributed by atoms with Gasteiger partial charge in [0.15, 0.2) is 0 Å². The van der Waals surface area contributed by atoms with Crippen LogP contribution in [0.25, 0.3) is 0 Å². The van der Waals surface area contributed by atoms with Crippen LogP contribution in [0.2, 0.25) is 5.02 Å². The molecular weight excluding hydrogens is 228 g/mol. The molecular formula is C11H13ClN2O2. The first-order valence-corrected chi connectivity index (χ1v) is 5.72. The van der Waals surface area contributed by atoms with Gasteiger partial charge < -0.3 is 4.90 Å². The Kier molecular flexibility index (Phi) is 3.01. The first-order valence-electron chi connectivity index (χ1n) is 5.34. The minimum atomic E-state index is -0.400. The van der Waals surface area contributed by atoms with E-state index in [1.54, 1.807) is 18.2 Å². The second-order valence-corrected chi connectivity index (χ2v) is 4.29. The Hall–Kier alpha value is -1.29. The Labute approximate surface area is 99.0 Å². The molecule has 1 aliphatic carbocycles. The smallest absolute Gasteiger partial charge is 0.310 e. The van der Waals surface area contributed by atoms with Crippen LogP contribution in [0, 0.1) is 10.1 Å². The molecule has 4 nitrogen and oxygen atoms in total. The second-order valence-electron chi connectivity index (χ2n) is 3.88. The number of benzene rings is 1. The molecule has 0 N–H and O–H groups in total. The third-order valence-electron chi connectivity index (χ3n) is 2.79. The summed E-state index contributed by atoms with van der Waals surface area (Å²) < 4.78 is 0. The summed E-state index contributed by atoms with van der Waals surface area (Å²) in [6, 6.07) is 5.54. The zero-order valence-electron chi connectivity index (χ0n) is 9.02. The van der Waals surface area contributed by atoms with Crippen molar-refractivity contribution in [3.63, 3.8) is 0 Å². The van der Waals surface area contributed by atoms with Crippen LogP contribution in [0.5, 0.6) is 0 Å². The Balaban J connectivity index is 2.45. The first kappa shape index (κ1) is 11.2. The minimum Gasteiger partial charge on any atom is -0.363 e. The van der Waals surface area contributed by atoms with Gasteiger partial charge in [-0.05, 0) is 31.9 Å². The van der Waals surface area contributed by atoms with Crippen LogP contribution in [0.3, 0.4) is 0 Å². The number of halogens is 1. The lowest BCUT2D eigenvalue weighted by atomic mass is 10.2. The van der Waals surface area contributed by atoms with E-state index < -0.39 is 4.92 Å². The highest BCUT2D eigenvalue weighted by atomic mass is 35.5. The summed E-state index contributed by atoms with van der Waals surface area (Å²) in [7, 11) is 0. The van der Waals surface area contributed by atoms with Crippen molar-refractivity contribution in [2.24, 2.45) is 0 Å². The van der Waals surface area contributed by atoms with Crippen LogP contribution in [-0.2, 0) is 0 Å². The van der Waals surface area contributed by atoms with Crippen molar-refractivity contribution in [2.75, 3.05) is 11.4 Å². The normalized spacial score (nSPS) is 14.9. The lowest BCUT2D eigenvalue weighted by Gasteiger charge is -2.22. The molecule has 0 spiro atoms. The predicted molar refractivity (Wildman–Crippen MR) is 64.1 cm³/mol. The SMILES string of the molecule is CCN(c1cccc(Cl)c1[N+](=O)[O-])C1CC1. The van der Waals surface area contributed by atoms with Crippen LogP contribution in [-0.4, -0.2) is 17.5 Å². The number of rotatable bonds is 4. The van der Waals surface area contributed by atoms with Crippen LogP contribution < -0.4 is 4.90 Å². The number of nitro benzene ring substituents is 1. The van der Waals surface area contributed by atoms with Crippen molar-refractivity contribution >= 4 is 23.0 Å². The van der Waals surface area contributed by atoms with E-state index >= 15 is 0 Å². The van der Waals surface area contributed by atoms with Crippen molar-refractivity contribution in [3.8, 4) is 0 Å². The lowest BCUT2D eigenvalue weighted by molar-refractivity contribution is -0.384. The topological polar surface area (TPSA) is 46.4 Å². The number of hydrogen-bond acceptors (Lipinski definition) is 3. The number of anilines is 1. The van der Waals surface area contributed by atoms with E-state index in [9.17, 15) is 10.1 Å². The molecule has 5 heteroatoms. The molecule has 0 atom stereocenters. The summed E-state index contributed by atoms with van der Waals surface area (Å²) in [6.07, 6.45) is 2.22. The molecule has 86 valence electrons. The van der Waals surface area contributed by atoms with Gasteiger partial charge in [0, 0.05) is 12.6 Å². The van der Waals surface area contributed by atoms with Gasteiger partial charge in [-0.3, -0.25) is 10.1 Å². The molecule has 0 aliphatic heterocycles. The highest BCUT2D eigenvalue weighted by molar-refractivity contribution is 6.33. The van der Waals surface area contributed by atoms with E-state index in [0.717, 1.165) is 19.4 Å². The van der Waals surface area contributed by atoms with Crippen molar-refractivity contribution in [2.45, 2.75) is 25.8 Å². The predicted octanol–water partition coefficient (Wildman–Crippen LogP) is 3.24. The van der Waals surface area contributed by atoms with E-state index in [-0.39, 0.29) is 10.7 Å². The van der Waals surface area contributed by atoms with Crippen molar-refractivity contribution < 1.29 is 4.92 Å². The van der Waals surface area contributed by atoms with E-state index in [4.69, 9.17) is 11.6 Å². The first-order chi connectivity index (χ1) is 7.65. The second kappa shape index (κ2) is 4.29. The number of nitro groups is 1. The summed E-state index contributed by atoms with van der Waals surface area (Å²) >= 11 is 5.88. The zero-order chi connectivity index (χ0) is 11.7. The molecule has 0 saturated heterocycles. The van der Waals surface area contributed by atoms with Crippen molar-refractivity contribution in [3.05, 3.63) is 33.3 Å². The highest BCUT2D eigenvalue weighted by Gasteiger charge is 2.32. The van der Waals surface area contributed by atoms with Crippen molar-refractivity contribution in [1.29, 1.82) is 0 Å². The molecule has 0 radical (unpaired) electrons. The number of para-hydroxylation sites is 1. The molecule has 16 heavy (non-hydrogen) atoms. The molecule has 2 rings (SSSR count). The maximum atomic E-state index is 11.0. The molecule has 0 amide bonds. The summed E-state index contributed by atoms with van der Waals surface area (Å²) in [6.45, 7) is 2.77. The monoisotopic (exact) mass is 240 g/mol. The van der Waals surface area contributed by atoms with Gasteiger partial charge in [0.25, 0.3) is 0 Å². The molecule has 1 aromatic rings. The Bertz CT molecular complexity index is 418. The van der Waals surface area contributed by atoms with Gasteiger partial charge in [0.2, 0.25) is 0 Å². The maximum Gasteiger partial charge on any atom is 0.310 e. The van der Waals surface area contributed by atoms with E-state index in [1.807, 2.05) is 6.92 Å². The van der Waals surface area contributed by atoms with Crippen molar-refractivity contribution in [1.82, 2.24) is 0 Å². The van der Waals surface area contributed by atoms with Gasteiger partial charge in [-0.2, -0.15) is 0 Å². The summed E-state index contributed by atoms with van der Waals surface area (Å²) in [4.78, 5) is 12.7. The zero-order valence-corrected chi connectivity index (χ0v) is 9.78. The molecule has 1 fully saturated rings. The van der Waals surface area contributed by atoms with Gasteiger partial charge in [-0.1, -0.05) is 17.7 Å². The standard InChI is InChI=1S/C11H13ClN2O2/c1-2-13(8-6-7-8)10-5-3-4-9(12)11(10)14(15)16/h3-5,8H,2,6-7H2,1H3. The Morgan fingerprint density at radius 1 is 1.56 bits per heavy atom. The van der Waals surface area contributed by atoms with Gasteiger partial charge in [-0.25, -0.2) is 0 Å². The van der Waals surface area contributed by atoms with E-state index in [2.05, 4.69) is 4.90 Å². The average Bonchev–Trinajstić information content (AvgIpc) is 3.02. The fourth-order valence-electron chi connectivity index (χ4n) is 1.93. The summed E-state index contributed by atoms with van der Waals surface area (Å²) in [5, 5.41) is 11.2. The van der Waals surface area contributed by atoms with Crippen LogP contribution in [0.15, 0.2) is 18.2 Å². The van der Waals surface area contributed by atoms with E-state index in [0.29, 0.717) is 11.7 Å². The van der Waals surface area contributed by atoms with Gasteiger partial charge >= 0.3 is 5.69 Å². The van der Waals surface area contributed by atoms with Crippen LogP contribution >= 0.6 is 11.6 Å². The molecule has 0 unspecified atom stereocenters. The fraction of sp³-hybridized carbons (Fsp3) is 0.455. The molecule has 0 aromatic heterocycles. The molecule has 1 aromatic carbocycles.